The lowest BCUT2D eigenvalue weighted by Crippen LogP contribution is -2.11. The third-order valence-corrected chi connectivity index (χ3v) is 4.71. The zero-order valence-corrected chi connectivity index (χ0v) is 9.24. The maximum Gasteiger partial charge on any atom is 0.0184 e. The van der Waals surface area contributed by atoms with Gasteiger partial charge in [0.25, 0.3) is 0 Å². The summed E-state index contributed by atoms with van der Waals surface area (Å²) in [5, 5.41) is 4.36. The van der Waals surface area contributed by atoms with E-state index < -0.39 is 0 Å². The lowest BCUT2D eigenvalue weighted by molar-refractivity contribution is 0.535. The molecule has 76 valence electrons. The van der Waals surface area contributed by atoms with E-state index >= 15 is 0 Å². The van der Waals surface area contributed by atoms with Crippen molar-refractivity contribution >= 4 is 11.8 Å². The minimum absolute atomic E-state index is 0.932. The summed E-state index contributed by atoms with van der Waals surface area (Å²) < 4.78 is 0. The number of hydrogen-bond donors (Lipinski definition) is 1. The summed E-state index contributed by atoms with van der Waals surface area (Å²) in [6.45, 7) is 2.51. The van der Waals surface area contributed by atoms with Gasteiger partial charge in [0, 0.05) is 11.8 Å². The highest BCUT2D eigenvalue weighted by atomic mass is 32.2. The molecule has 1 N–H and O–H groups in total. The van der Waals surface area contributed by atoms with E-state index in [2.05, 4.69) is 17.1 Å². The lowest BCUT2D eigenvalue weighted by Gasteiger charge is -2.11. The largest absolute Gasteiger partial charge is 0.316 e. The van der Waals surface area contributed by atoms with E-state index in [-0.39, 0.29) is 0 Å². The van der Waals surface area contributed by atoms with E-state index in [1.807, 2.05) is 0 Å². The van der Waals surface area contributed by atoms with Crippen molar-refractivity contribution < 1.29 is 0 Å². The molecule has 0 aromatic carbocycles. The Hall–Kier alpha value is 0.310. The maximum absolute atomic E-state index is 3.43. The van der Waals surface area contributed by atoms with Gasteiger partial charge in [-0.25, -0.2) is 0 Å². The summed E-state index contributed by atoms with van der Waals surface area (Å²) in [7, 11) is 0. The summed E-state index contributed by atoms with van der Waals surface area (Å²) in [5.74, 6) is 2.50. The van der Waals surface area contributed by atoms with Gasteiger partial charge in [-0.15, -0.1) is 0 Å². The van der Waals surface area contributed by atoms with Crippen molar-refractivity contribution in [1.29, 1.82) is 0 Å². The van der Waals surface area contributed by atoms with Gasteiger partial charge in [0.15, 0.2) is 0 Å². The topological polar surface area (TPSA) is 12.0 Å². The van der Waals surface area contributed by atoms with E-state index in [1.165, 1.54) is 57.4 Å². The second-order valence-electron chi connectivity index (χ2n) is 4.42. The predicted octanol–water partition coefficient (Wildman–Crippen LogP) is 2.66. The fraction of sp³-hybridized carbons (Fsp3) is 1.00. The Morgan fingerprint density at radius 2 is 2.00 bits per heavy atom. The molecule has 1 nitrogen and oxygen atoms in total. The van der Waals surface area contributed by atoms with E-state index in [1.54, 1.807) is 0 Å². The Morgan fingerprint density at radius 1 is 1.15 bits per heavy atom. The summed E-state index contributed by atoms with van der Waals surface area (Å²) in [6, 6.07) is 0. The molecule has 2 fully saturated rings. The van der Waals surface area contributed by atoms with Gasteiger partial charge in [0.2, 0.25) is 0 Å². The molecule has 2 heteroatoms. The van der Waals surface area contributed by atoms with Crippen LogP contribution < -0.4 is 5.32 Å². The molecule has 1 saturated carbocycles. The van der Waals surface area contributed by atoms with Crippen LogP contribution in [0.4, 0.5) is 0 Å². The highest BCUT2D eigenvalue weighted by Crippen LogP contribution is 2.29. The summed E-state index contributed by atoms with van der Waals surface area (Å²) in [4.78, 5) is 0. The smallest absolute Gasteiger partial charge is 0.0184 e. The number of nitrogens with one attached hydrogen (secondary N) is 1. The van der Waals surface area contributed by atoms with E-state index in [0.717, 1.165) is 11.2 Å². The first-order valence-corrected chi connectivity index (χ1v) is 6.82. The molecule has 2 rings (SSSR count). The second kappa shape index (κ2) is 5.26. The molecule has 1 atom stereocenters. The third kappa shape index (κ3) is 3.17. The zero-order valence-electron chi connectivity index (χ0n) is 8.43. The first-order chi connectivity index (χ1) is 6.45. The molecule has 2 aliphatic rings. The molecule has 1 aliphatic carbocycles. The van der Waals surface area contributed by atoms with Crippen LogP contribution in [0.5, 0.6) is 0 Å². The van der Waals surface area contributed by atoms with Gasteiger partial charge >= 0.3 is 0 Å². The fourth-order valence-corrected chi connectivity index (χ4v) is 3.79. The number of hydrogen-bond acceptors (Lipinski definition) is 2. The number of thioether (sulfide) groups is 1. The highest BCUT2D eigenvalue weighted by molar-refractivity contribution is 7.99. The van der Waals surface area contributed by atoms with E-state index in [4.69, 9.17) is 0 Å². The maximum atomic E-state index is 3.43. The molecule has 1 unspecified atom stereocenters. The van der Waals surface area contributed by atoms with Gasteiger partial charge in [-0.2, -0.15) is 11.8 Å². The molecule has 0 aromatic heterocycles. The minimum atomic E-state index is 0.932. The molecule has 0 radical (unpaired) electrons. The van der Waals surface area contributed by atoms with Gasteiger partial charge in [-0.3, -0.25) is 0 Å². The average Bonchev–Trinajstić information content (AvgIpc) is 2.75. The van der Waals surface area contributed by atoms with Crippen molar-refractivity contribution in [2.75, 3.05) is 18.8 Å². The van der Waals surface area contributed by atoms with E-state index in [9.17, 15) is 0 Å². The van der Waals surface area contributed by atoms with Gasteiger partial charge in [0.1, 0.15) is 0 Å². The number of rotatable bonds is 4. The van der Waals surface area contributed by atoms with Crippen LogP contribution in [0.3, 0.4) is 0 Å². The molecule has 0 bridgehead atoms. The Kier molecular flexibility index (Phi) is 3.98. The summed E-state index contributed by atoms with van der Waals surface area (Å²) >= 11 is 2.21. The molecular weight excluding hydrogens is 178 g/mol. The molecule has 0 spiro atoms. The van der Waals surface area contributed by atoms with Gasteiger partial charge in [0.05, 0.1) is 0 Å². The first-order valence-electron chi connectivity index (χ1n) is 5.77. The van der Waals surface area contributed by atoms with Crippen LogP contribution in [0.25, 0.3) is 0 Å². The van der Waals surface area contributed by atoms with Crippen LogP contribution >= 0.6 is 11.8 Å². The second-order valence-corrected chi connectivity index (χ2v) is 5.83. The van der Waals surface area contributed by atoms with Crippen LogP contribution in [-0.2, 0) is 0 Å². The highest BCUT2D eigenvalue weighted by Gasteiger charge is 2.17. The molecular formula is C11H21NS. The monoisotopic (exact) mass is 199 g/mol. The minimum Gasteiger partial charge on any atom is -0.316 e. The molecule has 1 aliphatic heterocycles. The van der Waals surface area contributed by atoms with Gasteiger partial charge < -0.3 is 5.32 Å². The summed E-state index contributed by atoms with van der Waals surface area (Å²) in [5.41, 5.74) is 0. The van der Waals surface area contributed by atoms with Crippen LogP contribution in [0, 0.1) is 5.92 Å². The predicted molar refractivity (Wildman–Crippen MR) is 60.3 cm³/mol. The van der Waals surface area contributed by atoms with Crippen molar-refractivity contribution in [2.24, 2.45) is 5.92 Å². The molecule has 13 heavy (non-hydrogen) atoms. The van der Waals surface area contributed by atoms with Crippen molar-refractivity contribution in [3.8, 4) is 0 Å². The molecule has 0 amide bonds. The molecule has 0 aromatic rings. The average molecular weight is 199 g/mol. The molecule has 1 saturated heterocycles. The Bertz CT molecular complexity index is 121. The Balaban J connectivity index is 1.52. The standard InChI is InChI=1S/C11H21NS/c1-2-4-10(3-1)6-8-13-11-5-7-12-9-11/h10-12H,1-9H2. The zero-order chi connectivity index (χ0) is 8.93. The third-order valence-electron chi connectivity index (χ3n) is 3.37. The van der Waals surface area contributed by atoms with Crippen LogP contribution in [0.15, 0.2) is 0 Å². The molecule has 1 heterocycles. The first kappa shape index (κ1) is 9.85. The summed E-state index contributed by atoms with van der Waals surface area (Å²) in [6.07, 6.45) is 8.92. The van der Waals surface area contributed by atoms with Crippen molar-refractivity contribution in [1.82, 2.24) is 5.32 Å². The van der Waals surface area contributed by atoms with Crippen LogP contribution in [0.2, 0.25) is 0 Å². The van der Waals surface area contributed by atoms with Gasteiger partial charge in [-0.1, -0.05) is 25.7 Å². The SMILES string of the molecule is C1CCC(CCSC2CCNC2)C1. The van der Waals surface area contributed by atoms with Gasteiger partial charge in [-0.05, 0) is 31.1 Å². The van der Waals surface area contributed by atoms with Crippen molar-refractivity contribution in [3.05, 3.63) is 0 Å². The normalized spacial score (nSPS) is 30.0. The van der Waals surface area contributed by atoms with Crippen molar-refractivity contribution in [2.45, 2.75) is 43.8 Å². The lowest BCUT2D eigenvalue weighted by atomic mass is 10.1. The van der Waals surface area contributed by atoms with Crippen LogP contribution in [0.1, 0.15) is 38.5 Å². The van der Waals surface area contributed by atoms with Crippen LogP contribution in [-0.4, -0.2) is 24.1 Å². The van der Waals surface area contributed by atoms with E-state index in [0.29, 0.717) is 0 Å². The quantitative estimate of drug-likeness (QED) is 0.747. The fourth-order valence-electron chi connectivity index (χ4n) is 2.47. The Morgan fingerprint density at radius 3 is 2.69 bits per heavy atom. The Labute approximate surface area is 86.0 Å². The van der Waals surface area contributed by atoms with Crippen molar-refractivity contribution in [3.63, 3.8) is 0 Å².